The topological polar surface area (TPSA) is 103 Å². The van der Waals surface area contributed by atoms with E-state index in [9.17, 15) is 19.5 Å². The van der Waals surface area contributed by atoms with Gasteiger partial charge in [-0.1, -0.05) is 31.7 Å². The van der Waals surface area contributed by atoms with Gasteiger partial charge in [0.2, 0.25) is 10.9 Å². The molecule has 4 aliphatic carbocycles. The number of fused-ring (bicyclic) bond motifs is 5. The molecular formula is C29H34F2O7S. The van der Waals surface area contributed by atoms with E-state index in [0.29, 0.717) is 5.75 Å². The second-order valence-corrected chi connectivity index (χ2v) is 12.8. The molecule has 0 saturated heterocycles. The minimum absolute atomic E-state index is 0.0316. The quantitative estimate of drug-likeness (QED) is 0.394. The number of methoxy groups -OCH3 is 1. The first-order valence-corrected chi connectivity index (χ1v) is 14.2. The molecule has 1 aromatic rings. The Morgan fingerprint density at radius 1 is 1.26 bits per heavy atom. The summed E-state index contributed by atoms with van der Waals surface area (Å²) in [5, 5.41) is 11.2. The normalized spacial score (nSPS) is 42.8. The van der Waals surface area contributed by atoms with Crippen molar-refractivity contribution in [2.75, 3.05) is 19.5 Å². The van der Waals surface area contributed by atoms with E-state index < -0.39 is 69.0 Å². The molecule has 1 N–H and O–H groups in total. The number of allylic oxidation sites excluding steroid dienone is 4. The van der Waals surface area contributed by atoms with Gasteiger partial charge in [0.15, 0.2) is 17.1 Å². The van der Waals surface area contributed by atoms with E-state index in [1.54, 1.807) is 13.8 Å². The van der Waals surface area contributed by atoms with E-state index in [0.717, 1.165) is 17.8 Å². The molecule has 9 atom stereocenters. The highest BCUT2D eigenvalue weighted by molar-refractivity contribution is 8.13. The number of esters is 1. The first kappa shape index (κ1) is 28.2. The zero-order valence-corrected chi connectivity index (χ0v) is 23.3. The van der Waals surface area contributed by atoms with Crippen molar-refractivity contribution in [3.63, 3.8) is 0 Å². The van der Waals surface area contributed by atoms with Crippen LogP contribution in [0, 0.1) is 28.6 Å². The monoisotopic (exact) mass is 564 g/mol. The summed E-state index contributed by atoms with van der Waals surface area (Å²) in [7, 11) is 1.51. The molecule has 2 unspecified atom stereocenters. The largest absolute Gasteiger partial charge is 0.457 e. The van der Waals surface area contributed by atoms with Gasteiger partial charge in [0.25, 0.3) is 0 Å². The molecule has 3 saturated carbocycles. The minimum Gasteiger partial charge on any atom is -0.457 e. The number of ether oxygens (including phenoxy) is 2. The first-order valence-electron chi connectivity index (χ1n) is 13.3. The Labute approximate surface area is 230 Å². The number of ketones is 1. The highest BCUT2D eigenvalue weighted by Gasteiger charge is 2.78. The van der Waals surface area contributed by atoms with E-state index in [1.807, 2.05) is 0 Å². The Morgan fingerprint density at radius 3 is 2.67 bits per heavy atom. The molecule has 1 heterocycles. The lowest BCUT2D eigenvalue weighted by Gasteiger charge is -2.63. The number of aliphatic hydroxyl groups excluding tert-OH is 1. The van der Waals surface area contributed by atoms with Crippen LogP contribution in [-0.2, 0) is 19.1 Å². The number of hydrogen-bond acceptors (Lipinski definition) is 8. The zero-order valence-electron chi connectivity index (χ0n) is 22.4. The van der Waals surface area contributed by atoms with Crippen LogP contribution in [-0.4, -0.2) is 65.0 Å². The van der Waals surface area contributed by atoms with Gasteiger partial charge in [-0.05, 0) is 62.0 Å². The van der Waals surface area contributed by atoms with Crippen molar-refractivity contribution in [3.05, 3.63) is 48.0 Å². The van der Waals surface area contributed by atoms with Gasteiger partial charge < -0.3 is 19.0 Å². The number of alkyl halides is 2. The molecule has 0 spiro atoms. The van der Waals surface area contributed by atoms with Crippen LogP contribution < -0.4 is 0 Å². The summed E-state index contributed by atoms with van der Waals surface area (Å²) in [6.07, 6.45) is 1.68. The average molecular weight is 565 g/mol. The fourth-order valence-electron chi connectivity index (χ4n) is 8.13. The van der Waals surface area contributed by atoms with E-state index >= 15 is 8.78 Å². The molecule has 0 aromatic carbocycles. The average Bonchev–Trinajstić information content (AvgIpc) is 3.49. The summed E-state index contributed by atoms with van der Waals surface area (Å²) >= 11 is 0.963. The molecule has 1 aromatic heterocycles. The second-order valence-electron chi connectivity index (χ2n) is 11.7. The summed E-state index contributed by atoms with van der Waals surface area (Å²) in [5.74, 6) is -3.18. The molecular weight excluding hydrogens is 530 g/mol. The maximum Gasteiger partial charge on any atom is 0.375 e. The smallest absolute Gasteiger partial charge is 0.375 e. The van der Waals surface area contributed by atoms with Crippen molar-refractivity contribution in [1.82, 2.24) is 0 Å². The molecule has 0 bridgehead atoms. The maximum atomic E-state index is 17.5. The number of carbonyl (C=O) groups excluding carboxylic acids is 3. The predicted octanol–water partition coefficient (Wildman–Crippen LogP) is 4.65. The van der Waals surface area contributed by atoms with Crippen molar-refractivity contribution in [2.24, 2.45) is 28.6 Å². The Balaban J connectivity index is 1.61. The molecule has 3 fully saturated rings. The molecule has 4 aliphatic rings. The van der Waals surface area contributed by atoms with Crippen LogP contribution in [0.2, 0.25) is 0 Å². The van der Waals surface area contributed by atoms with Gasteiger partial charge in [0.05, 0.1) is 19.0 Å². The van der Waals surface area contributed by atoms with Crippen molar-refractivity contribution < 1.29 is 42.2 Å². The number of rotatable bonds is 6. The summed E-state index contributed by atoms with van der Waals surface area (Å²) in [4.78, 5) is 39.4. The molecule has 5 rings (SSSR count). The van der Waals surface area contributed by atoms with Crippen molar-refractivity contribution in [2.45, 2.75) is 63.6 Å². The Bertz CT molecular complexity index is 1230. The summed E-state index contributed by atoms with van der Waals surface area (Å²) in [5.41, 5.74) is -6.75. The lowest BCUT2D eigenvalue weighted by Crippen LogP contribution is -2.70. The Morgan fingerprint density at radius 2 is 2.00 bits per heavy atom. The third-order valence-corrected chi connectivity index (χ3v) is 10.9. The molecule has 0 radical (unpaired) electrons. The third-order valence-electron chi connectivity index (χ3n) is 9.97. The van der Waals surface area contributed by atoms with Crippen LogP contribution in [0.15, 0.2) is 46.6 Å². The van der Waals surface area contributed by atoms with E-state index in [-0.39, 0.29) is 37.2 Å². The lowest BCUT2D eigenvalue weighted by atomic mass is 9.44. The minimum atomic E-state index is -2.30. The highest BCUT2D eigenvalue weighted by atomic mass is 32.2. The molecule has 39 heavy (non-hydrogen) atoms. The van der Waals surface area contributed by atoms with E-state index in [2.05, 4.69) is 0 Å². The van der Waals surface area contributed by atoms with Gasteiger partial charge in [-0.15, -0.1) is 0 Å². The summed E-state index contributed by atoms with van der Waals surface area (Å²) in [6, 6.07) is 2.96. The fourth-order valence-corrected chi connectivity index (χ4v) is 9.26. The van der Waals surface area contributed by atoms with Crippen LogP contribution in [0.5, 0.6) is 0 Å². The van der Waals surface area contributed by atoms with Crippen LogP contribution >= 0.6 is 11.8 Å². The standard InChI is InChI=1S/C29H34F2O7S/c1-16-12-18-19-14-21(30)20-13-17(32)7-8-26(20,2)28(19,31)23(33)15-27(18,3)29(16,25(35)39-11-10-36-4)38-24(34)22-6-5-9-37-22/h5-9,13,16,18-19,21,23,33H,10-12,14-15H2,1-4H3/t16-,18?,19?,21+,23+,26+,27+,28+,29+/m1/s1. The Hall–Kier alpha value is -2.30. The Kier molecular flexibility index (Phi) is 7.00. The summed E-state index contributed by atoms with van der Waals surface area (Å²) in [6.45, 7) is 5.34. The van der Waals surface area contributed by atoms with Crippen LogP contribution in [0.3, 0.4) is 0 Å². The molecule has 0 aliphatic heterocycles. The molecule has 212 valence electrons. The van der Waals surface area contributed by atoms with Crippen molar-refractivity contribution in [3.8, 4) is 0 Å². The van der Waals surface area contributed by atoms with Crippen LogP contribution in [0.25, 0.3) is 0 Å². The SMILES string of the molecule is COCCSC(=O)[C@@]1(OC(=O)c2ccco2)[C@H](C)CC2C3C[C@H](F)C4=CC(=O)C=C[C@]4(C)[C@@]3(F)[C@@H](O)C[C@@]21C. The van der Waals surface area contributed by atoms with Crippen molar-refractivity contribution in [1.29, 1.82) is 0 Å². The second kappa shape index (κ2) is 9.66. The highest BCUT2D eigenvalue weighted by Crippen LogP contribution is 2.72. The molecule has 0 amide bonds. The first-order chi connectivity index (χ1) is 18.4. The van der Waals surface area contributed by atoms with Gasteiger partial charge >= 0.3 is 5.97 Å². The lowest BCUT2D eigenvalue weighted by molar-refractivity contribution is -0.221. The number of carbonyl (C=O) groups is 3. The maximum absolute atomic E-state index is 17.5. The fraction of sp³-hybridized carbons (Fsp3) is 0.621. The number of aliphatic hydroxyl groups is 1. The third kappa shape index (κ3) is 3.77. The van der Waals surface area contributed by atoms with Gasteiger partial charge in [-0.2, -0.15) is 0 Å². The van der Waals surface area contributed by atoms with Crippen molar-refractivity contribution >= 4 is 28.6 Å². The number of thioether (sulfide) groups is 1. The van der Waals surface area contributed by atoms with Gasteiger partial charge in [-0.3, -0.25) is 9.59 Å². The van der Waals surface area contributed by atoms with Crippen LogP contribution in [0.1, 0.15) is 50.6 Å². The molecule has 10 heteroatoms. The number of furan rings is 1. The number of halogens is 2. The molecule has 7 nitrogen and oxygen atoms in total. The predicted molar refractivity (Wildman–Crippen MR) is 139 cm³/mol. The van der Waals surface area contributed by atoms with Crippen LogP contribution in [0.4, 0.5) is 8.78 Å². The van der Waals surface area contributed by atoms with Gasteiger partial charge in [0, 0.05) is 35.5 Å². The summed E-state index contributed by atoms with van der Waals surface area (Å²) < 4.78 is 49.7. The van der Waals surface area contributed by atoms with E-state index in [1.165, 1.54) is 44.6 Å². The van der Waals surface area contributed by atoms with E-state index in [4.69, 9.17) is 13.9 Å². The number of hydrogen-bond donors (Lipinski definition) is 1. The zero-order chi connectivity index (χ0) is 28.4. The van der Waals surface area contributed by atoms with Gasteiger partial charge in [-0.25, -0.2) is 13.6 Å². The van der Waals surface area contributed by atoms with Gasteiger partial charge in [0.1, 0.15) is 6.17 Å².